The van der Waals surface area contributed by atoms with Crippen molar-refractivity contribution in [1.29, 1.82) is 0 Å². The summed E-state index contributed by atoms with van der Waals surface area (Å²) in [6.45, 7) is 0.790. The highest BCUT2D eigenvalue weighted by Crippen LogP contribution is 2.35. The number of rotatable bonds is 4. The molecule has 11 heteroatoms. The topological polar surface area (TPSA) is 71.5 Å². The lowest BCUT2D eigenvalue weighted by Crippen LogP contribution is -2.38. The van der Waals surface area contributed by atoms with Crippen molar-refractivity contribution in [3.05, 3.63) is 51.6 Å². The molecule has 1 aromatic heterocycles. The number of halogens is 5. The first kappa shape index (κ1) is 23.1. The minimum atomic E-state index is -4.52. The van der Waals surface area contributed by atoms with Crippen LogP contribution >= 0.6 is 23.2 Å². The summed E-state index contributed by atoms with van der Waals surface area (Å²) in [5, 5.41) is 2.91. The molecule has 0 radical (unpaired) electrons. The van der Waals surface area contributed by atoms with Crippen LogP contribution in [0.25, 0.3) is 0 Å². The Labute approximate surface area is 186 Å². The molecule has 31 heavy (non-hydrogen) atoms. The predicted molar refractivity (Wildman–Crippen MR) is 111 cm³/mol. The average molecular weight is 476 g/mol. The number of anilines is 2. The van der Waals surface area contributed by atoms with Gasteiger partial charge in [0.1, 0.15) is 5.82 Å². The van der Waals surface area contributed by atoms with Gasteiger partial charge in [-0.1, -0.05) is 23.2 Å². The van der Waals surface area contributed by atoms with Crippen molar-refractivity contribution in [1.82, 2.24) is 4.98 Å². The minimum Gasteiger partial charge on any atom is -0.465 e. The zero-order chi connectivity index (χ0) is 22.8. The Balaban J connectivity index is 1.64. The van der Waals surface area contributed by atoms with E-state index in [2.05, 4.69) is 15.0 Å². The number of piperidine rings is 1. The van der Waals surface area contributed by atoms with Gasteiger partial charge in [-0.15, -0.1) is 0 Å². The number of ether oxygens (including phenoxy) is 1. The first-order valence-corrected chi connectivity index (χ1v) is 10.0. The molecular formula is C20H18Cl2F3N3O3. The Kier molecular flexibility index (Phi) is 6.96. The van der Waals surface area contributed by atoms with Gasteiger partial charge in [-0.25, -0.2) is 9.78 Å². The van der Waals surface area contributed by atoms with Crippen LogP contribution in [0.15, 0.2) is 30.5 Å². The highest BCUT2D eigenvalue weighted by molar-refractivity contribution is 6.34. The third kappa shape index (κ3) is 5.40. The summed E-state index contributed by atoms with van der Waals surface area (Å²) in [5.74, 6) is -0.916. The summed E-state index contributed by atoms with van der Waals surface area (Å²) in [7, 11) is 1.25. The lowest BCUT2D eigenvalue weighted by Gasteiger charge is -2.32. The monoisotopic (exact) mass is 475 g/mol. The number of benzene rings is 1. The van der Waals surface area contributed by atoms with Gasteiger partial charge in [-0.05, 0) is 37.1 Å². The van der Waals surface area contributed by atoms with Crippen LogP contribution in [0.5, 0.6) is 0 Å². The number of pyridine rings is 1. The highest BCUT2D eigenvalue weighted by atomic mass is 35.5. The van der Waals surface area contributed by atoms with E-state index in [1.54, 1.807) is 4.90 Å². The van der Waals surface area contributed by atoms with E-state index in [1.807, 2.05) is 0 Å². The molecule has 1 saturated heterocycles. The molecule has 1 aliphatic heterocycles. The number of carbonyl (C=O) groups is 2. The van der Waals surface area contributed by atoms with Crippen LogP contribution in [-0.4, -0.2) is 37.1 Å². The number of aromatic nitrogens is 1. The quantitative estimate of drug-likeness (QED) is 0.626. The second kappa shape index (κ2) is 9.32. The SMILES string of the molecule is COC(=O)c1ccc(Cl)c(NC(=O)C2CCN(c3ncc(C(F)(F)F)cc3Cl)CC2)c1. The van der Waals surface area contributed by atoms with Gasteiger partial charge in [0.05, 0.1) is 34.0 Å². The fraction of sp³-hybridized carbons (Fsp3) is 0.350. The molecule has 1 amide bonds. The van der Waals surface area contributed by atoms with Crippen LogP contribution in [0.2, 0.25) is 10.0 Å². The number of nitrogens with zero attached hydrogens (tertiary/aromatic N) is 2. The van der Waals surface area contributed by atoms with Crippen molar-refractivity contribution in [2.24, 2.45) is 5.92 Å². The molecule has 0 bridgehead atoms. The average Bonchev–Trinajstić information content (AvgIpc) is 2.74. The summed E-state index contributed by atoms with van der Waals surface area (Å²) < 4.78 is 43.0. The van der Waals surface area contributed by atoms with Crippen molar-refractivity contribution in [2.45, 2.75) is 19.0 Å². The van der Waals surface area contributed by atoms with Crippen molar-refractivity contribution < 1.29 is 27.5 Å². The van der Waals surface area contributed by atoms with Crippen molar-refractivity contribution in [3.63, 3.8) is 0 Å². The molecule has 0 spiro atoms. The van der Waals surface area contributed by atoms with E-state index in [1.165, 1.54) is 25.3 Å². The van der Waals surface area contributed by atoms with Crippen molar-refractivity contribution in [3.8, 4) is 0 Å². The van der Waals surface area contributed by atoms with Gasteiger partial charge in [0.2, 0.25) is 5.91 Å². The van der Waals surface area contributed by atoms with E-state index in [4.69, 9.17) is 23.2 Å². The summed E-state index contributed by atoms with van der Waals surface area (Å²) in [4.78, 5) is 30.0. The number of methoxy groups -OCH3 is 1. The normalized spacial score (nSPS) is 15.0. The number of esters is 1. The maximum Gasteiger partial charge on any atom is 0.417 e. The molecule has 1 aliphatic rings. The Morgan fingerprint density at radius 1 is 1.16 bits per heavy atom. The molecule has 2 aromatic rings. The summed E-state index contributed by atoms with van der Waals surface area (Å²) >= 11 is 12.1. The fourth-order valence-electron chi connectivity index (χ4n) is 3.27. The maximum atomic E-state index is 12.8. The smallest absolute Gasteiger partial charge is 0.417 e. The molecule has 1 N–H and O–H groups in total. The molecule has 3 rings (SSSR count). The van der Waals surface area contributed by atoms with Gasteiger partial charge < -0.3 is 15.0 Å². The second-order valence-electron chi connectivity index (χ2n) is 6.96. The molecule has 0 atom stereocenters. The Hall–Kier alpha value is -2.52. The summed E-state index contributed by atoms with van der Waals surface area (Å²) in [6, 6.07) is 5.26. The van der Waals surface area contributed by atoms with Crippen LogP contribution in [0.4, 0.5) is 24.7 Å². The van der Waals surface area contributed by atoms with Crippen molar-refractivity contribution in [2.75, 3.05) is 30.4 Å². The molecule has 6 nitrogen and oxygen atoms in total. The van der Waals surface area contributed by atoms with Gasteiger partial charge in [-0.3, -0.25) is 4.79 Å². The highest BCUT2D eigenvalue weighted by Gasteiger charge is 2.33. The number of hydrogen-bond donors (Lipinski definition) is 1. The van der Waals surface area contributed by atoms with Crippen LogP contribution in [0.1, 0.15) is 28.8 Å². The number of hydrogen-bond acceptors (Lipinski definition) is 5. The molecule has 0 saturated carbocycles. The van der Waals surface area contributed by atoms with E-state index >= 15 is 0 Å². The zero-order valence-corrected chi connectivity index (χ0v) is 17.8. The van der Waals surface area contributed by atoms with Crippen LogP contribution < -0.4 is 10.2 Å². The molecule has 2 heterocycles. The lowest BCUT2D eigenvalue weighted by molar-refractivity contribution is -0.137. The third-order valence-electron chi connectivity index (χ3n) is 4.96. The standard InChI is InChI=1S/C20H18Cl2F3N3O3/c1-31-19(30)12-2-3-14(21)16(8-12)27-18(29)11-4-6-28(7-5-11)17-15(22)9-13(10-26-17)20(23,24)25/h2-3,8-11H,4-7H2,1H3,(H,27,29). The van der Waals surface area contributed by atoms with Crippen LogP contribution in [-0.2, 0) is 15.7 Å². The first-order valence-electron chi connectivity index (χ1n) is 9.26. The molecule has 166 valence electrons. The molecule has 0 unspecified atom stereocenters. The first-order chi connectivity index (χ1) is 14.6. The van der Waals surface area contributed by atoms with E-state index in [0.29, 0.717) is 31.6 Å². The largest absolute Gasteiger partial charge is 0.465 e. The van der Waals surface area contributed by atoms with E-state index in [0.717, 1.165) is 12.3 Å². The molecular weight excluding hydrogens is 458 g/mol. The number of alkyl halides is 3. The van der Waals surface area contributed by atoms with Crippen LogP contribution in [0, 0.1) is 5.92 Å². The molecule has 1 aromatic carbocycles. The Morgan fingerprint density at radius 3 is 2.42 bits per heavy atom. The third-order valence-corrected chi connectivity index (χ3v) is 5.57. The van der Waals surface area contributed by atoms with E-state index in [-0.39, 0.29) is 33.3 Å². The van der Waals surface area contributed by atoms with Gasteiger partial charge in [0.25, 0.3) is 0 Å². The van der Waals surface area contributed by atoms with Gasteiger partial charge in [0, 0.05) is 25.2 Å². The minimum absolute atomic E-state index is 0.0934. The predicted octanol–water partition coefficient (Wildman–Crippen LogP) is 5.05. The Bertz CT molecular complexity index is 993. The van der Waals surface area contributed by atoms with E-state index in [9.17, 15) is 22.8 Å². The van der Waals surface area contributed by atoms with E-state index < -0.39 is 17.7 Å². The van der Waals surface area contributed by atoms with Crippen LogP contribution in [0.3, 0.4) is 0 Å². The van der Waals surface area contributed by atoms with Gasteiger partial charge in [-0.2, -0.15) is 13.2 Å². The number of nitrogens with one attached hydrogen (secondary N) is 1. The lowest BCUT2D eigenvalue weighted by atomic mass is 9.95. The van der Waals surface area contributed by atoms with Gasteiger partial charge in [0.15, 0.2) is 0 Å². The second-order valence-corrected chi connectivity index (χ2v) is 7.78. The van der Waals surface area contributed by atoms with Crippen molar-refractivity contribution >= 4 is 46.6 Å². The number of carbonyl (C=O) groups excluding carboxylic acids is 2. The molecule has 0 aliphatic carbocycles. The fourth-order valence-corrected chi connectivity index (χ4v) is 3.72. The Morgan fingerprint density at radius 2 is 1.84 bits per heavy atom. The summed E-state index contributed by atoms with van der Waals surface area (Å²) in [6.07, 6.45) is -2.89. The number of amides is 1. The molecule has 1 fully saturated rings. The van der Waals surface area contributed by atoms with Gasteiger partial charge >= 0.3 is 12.1 Å². The maximum absolute atomic E-state index is 12.8. The summed E-state index contributed by atoms with van der Waals surface area (Å²) in [5.41, 5.74) is -0.369. The zero-order valence-electron chi connectivity index (χ0n) is 16.3.